The zero-order valence-electron chi connectivity index (χ0n) is 15.7. The molecule has 1 amide bonds. The van der Waals surface area contributed by atoms with Gasteiger partial charge in [-0.1, -0.05) is 25.5 Å². The van der Waals surface area contributed by atoms with Gasteiger partial charge in [0.25, 0.3) is 11.5 Å². The van der Waals surface area contributed by atoms with Gasteiger partial charge in [0.15, 0.2) is 5.82 Å². The highest BCUT2D eigenvalue weighted by molar-refractivity contribution is 5.92. The molecule has 0 spiro atoms. The molecule has 1 aromatic heterocycles. The highest BCUT2D eigenvalue weighted by Gasteiger charge is 2.35. The number of hydrogen-bond acceptors (Lipinski definition) is 5. The van der Waals surface area contributed by atoms with Crippen LogP contribution in [0, 0.1) is 5.92 Å². The van der Waals surface area contributed by atoms with Crippen molar-refractivity contribution in [3.05, 3.63) is 40.4 Å². The molecule has 27 heavy (non-hydrogen) atoms. The van der Waals surface area contributed by atoms with Gasteiger partial charge in [-0.2, -0.15) is 0 Å². The zero-order valence-corrected chi connectivity index (χ0v) is 15.7. The second-order valence-electron chi connectivity index (χ2n) is 7.55. The molecule has 7 heteroatoms. The Morgan fingerprint density at radius 2 is 2.11 bits per heavy atom. The quantitative estimate of drug-likeness (QED) is 0.882. The second-order valence-corrected chi connectivity index (χ2v) is 7.55. The summed E-state index contributed by atoms with van der Waals surface area (Å²) in [5, 5.41) is 0.501. The molecule has 7 nitrogen and oxygen atoms in total. The minimum atomic E-state index is -0.271. The molecular weight excluding hydrogens is 344 g/mol. The van der Waals surface area contributed by atoms with E-state index in [0.717, 1.165) is 25.9 Å². The van der Waals surface area contributed by atoms with E-state index in [2.05, 4.69) is 21.8 Å². The van der Waals surface area contributed by atoms with Gasteiger partial charge in [-0.25, -0.2) is 4.98 Å². The molecule has 2 fully saturated rings. The molecule has 0 radical (unpaired) electrons. The summed E-state index contributed by atoms with van der Waals surface area (Å²) < 4.78 is 5.83. The maximum Gasteiger partial charge on any atom is 0.289 e. The number of para-hydroxylation sites is 1. The fourth-order valence-electron chi connectivity index (χ4n) is 4.07. The third kappa shape index (κ3) is 3.75. The van der Waals surface area contributed by atoms with Crippen LogP contribution >= 0.6 is 0 Å². The van der Waals surface area contributed by atoms with Gasteiger partial charge < -0.3 is 14.6 Å². The van der Waals surface area contributed by atoms with Crippen molar-refractivity contribution in [3.63, 3.8) is 0 Å². The lowest BCUT2D eigenvalue weighted by atomic mass is 10.1. The third-order valence-electron chi connectivity index (χ3n) is 5.48. The standard InChI is InChI=1S/C20H26N4O3/c1-2-3-8-23-9-14-10-24(11-15(23)13-27-12-14)20(26)18-21-17-7-5-4-6-16(17)19(25)22-18/h4-7,14-15H,2-3,8-13H2,1H3,(H,21,22,25)/t14-,15+/m1/s1. The first kappa shape index (κ1) is 18.1. The number of carbonyl (C=O) groups excluding carboxylic acids is 1. The van der Waals surface area contributed by atoms with Crippen molar-refractivity contribution in [3.8, 4) is 0 Å². The van der Waals surface area contributed by atoms with Crippen molar-refractivity contribution in [2.24, 2.45) is 5.92 Å². The maximum atomic E-state index is 13.1. The number of hydrogen-bond donors (Lipinski definition) is 1. The summed E-state index contributed by atoms with van der Waals surface area (Å²) in [6.45, 7) is 6.74. The Labute approximate surface area is 158 Å². The fraction of sp³-hybridized carbons (Fsp3) is 0.550. The SMILES string of the molecule is CCCCN1C[C@H]2COC[C@@H]1CN(C(=O)c1nc3ccccc3c(=O)[nH]1)C2. The lowest BCUT2D eigenvalue weighted by Gasteiger charge is -2.31. The normalized spacial score (nSPS) is 23.4. The van der Waals surface area contributed by atoms with E-state index in [4.69, 9.17) is 4.74 Å². The van der Waals surface area contributed by atoms with Gasteiger partial charge in [0.1, 0.15) is 0 Å². The number of benzene rings is 1. The highest BCUT2D eigenvalue weighted by atomic mass is 16.5. The molecular formula is C20H26N4O3. The first-order chi connectivity index (χ1) is 13.2. The molecule has 4 rings (SSSR count). The monoisotopic (exact) mass is 370 g/mol. The number of aromatic amines is 1. The summed E-state index contributed by atoms with van der Waals surface area (Å²) in [5.41, 5.74) is 0.277. The van der Waals surface area contributed by atoms with Crippen LogP contribution in [0.25, 0.3) is 10.9 Å². The van der Waals surface area contributed by atoms with Gasteiger partial charge >= 0.3 is 0 Å². The minimum absolute atomic E-state index is 0.125. The Bertz CT molecular complexity index is 881. The largest absolute Gasteiger partial charge is 0.379 e. The summed E-state index contributed by atoms with van der Waals surface area (Å²) in [6.07, 6.45) is 2.30. The Balaban J connectivity index is 1.60. The first-order valence-corrected chi connectivity index (χ1v) is 9.76. The summed E-state index contributed by atoms with van der Waals surface area (Å²) in [6, 6.07) is 7.29. The molecule has 0 saturated carbocycles. The van der Waals surface area contributed by atoms with Gasteiger partial charge in [-0.3, -0.25) is 14.5 Å². The van der Waals surface area contributed by atoms with E-state index < -0.39 is 0 Å². The van der Waals surface area contributed by atoms with Crippen LogP contribution in [0.3, 0.4) is 0 Å². The molecule has 2 bridgehead atoms. The number of H-pyrrole nitrogens is 1. The third-order valence-corrected chi connectivity index (χ3v) is 5.48. The van der Waals surface area contributed by atoms with Crippen LogP contribution in [0.5, 0.6) is 0 Å². The Morgan fingerprint density at radius 3 is 2.96 bits per heavy atom. The number of nitrogens with zero attached hydrogens (tertiary/aromatic N) is 3. The van der Waals surface area contributed by atoms with Gasteiger partial charge in [-0.15, -0.1) is 0 Å². The van der Waals surface area contributed by atoms with E-state index in [1.54, 1.807) is 18.2 Å². The fourth-order valence-corrected chi connectivity index (χ4v) is 4.07. The molecule has 144 valence electrons. The van der Waals surface area contributed by atoms with Gasteiger partial charge in [0, 0.05) is 25.6 Å². The van der Waals surface area contributed by atoms with E-state index in [1.807, 2.05) is 11.0 Å². The topological polar surface area (TPSA) is 78.5 Å². The average Bonchev–Trinajstić information content (AvgIpc) is 2.96. The molecule has 2 aliphatic rings. The summed E-state index contributed by atoms with van der Waals surface area (Å²) in [7, 11) is 0. The molecule has 1 aromatic carbocycles. The predicted octanol–water partition coefficient (Wildman–Crippen LogP) is 1.50. The van der Waals surface area contributed by atoms with Crippen LogP contribution in [-0.4, -0.2) is 71.1 Å². The summed E-state index contributed by atoms with van der Waals surface area (Å²) in [4.78, 5) is 36.9. The number of nitrogens with one attached hydrogen (secondary N) is 1. The molecule has 2 atom stereocenters. The van der Waals surface area contributed by atoms with E-state index in [0.29, 0.717) is 37.2 Å². The van der Waals surface area contributed by atoms with Crippen molar-refractivity contribution in [2.75, 3.05) is 39.4 Å². The van der Waals surface area contributed by atoms with Gasteiger partial charge in [0.05, 0.1) is 30.2 Å². The lowest BCUT2D eigenvalue weighted by Crippen LogP contribution is -2.46. The van der Waals surface area contributed by atoms with Crippen LogP contribution in [0.4, 0.5) is 0 Å². The molecule has 0 unspecified atom stereocenters. The number of unbranched alkanes of at least 4 members (excludes halogenated alkanes) is 1. The van der Waals surface area contributed by atoms with Gasteiger partial charge in [-0.05, 0) is 25.1 Å². The Morgan fingerprint density at radius 1 is 1.26 bits per heavy atom. The number of aromatic nitrogens is 2. The average molecular weight is 370 g/mol. The van der Waals surface area contributed by atoms with Crippen molar-refractivity contribution < 1.29 is 9.53 Å². The maximum absolute atomic E-state index is 13.1. The number of fused-ring (bicyclic) bond motifs is 4. The van der Waals surface area contributed by atoms with Crippen LogP contribution in [0.15, 0.2) is 29.1 Å². The molecule has 3 heterocycles. The van der Waals surface area contributed by atoms with Crippen molar-refractivity contribution in [1.82, 2.24) is 19.8 Å². The highest BCUT2D eigenvalue weighted by Crippen LogP contribution is 2.21. The predicted molar refractivity (Wildman–Crippen MR) is 103 cm³/mol. The van der Waals surface area contributed by atoms with Crippen molar-refractivity contribution in [2.45, 2.75) is 25.8 Å². The molecule has 2 saturated heterocycles. The number of amides is 1. The van der Waals surface area contributed by atoms with Crippen molar-refractivity contribution >= 4 is 16.8 Å². The zero-order chi connectivity index (χ0) is 18.8. The van der Waals surface area contributed by atoms with Gasteiger partial charge in [0.2, 0.25) is 0 Å². The van der Waals surface area contributed by atoms with E-state index >= 15 is 0 Å². The minimum Gasteiger partial charge on any atom is -0.379 e. The Hall–Kier alpha value is -2.25. The smallest absolute Gasteiger partial charge is 0.289 e. The van der Waals surface area contributed by atoms with E-state index in [9.17, 15) is 9.59 Å². The second kappa shape index (κ2) is 7.78. The summed E-state index contributed by atoms with van der Waals surface area (Å²) in [5.74, 6) is 0.206. The van der Waals surface area contributed by atoms with E-state index in [1.165, 1.54) is 0 Å². The van der Waals surface area contributed by atoms with E-state index in [-0.39, 0.29) is 29.3 Å². The van der Waals surface area contributed by atoms with Crippen LogP contribution in [-0.2, 0) is 4.74 Å². The molecule has 2 aromatic rings. The number of rotatable bonds is 4. The molecule has 2 aliphatic heterocycles. The van der Waals surface area contributed by atoms with Crippen LogP contribution < -0.4 is 5.56 Å². The van der Waals surface area contributed by atoms with Crippen LogP contribution in [0.2, 0.25) is 0 Å². The lowest BCUT2D eigenvalue weighted by molar-refractivity contribution is 0.0405. The summed E-state index contributed by atoms with van der Waals surface area (Å²) >= 11 is 0. The Kier molecular flexibility index (Phi) is 5.22. The number of carbonyl (C=O) groups is 1. The molecule has 1 N–H and O–H groups in total. The number of ether oxygens (including phenoxy) is 1. The first-order valence-electron chi connectivity index (χ1n) is 9.76. The van der Waals surface area contributed by atoms with Crippen molar-refractivity contribution in [1.29, 1.82) is 0 Å². The molecule has 0 aliphatic carbocycles. The van der Waals surface area contributed by atoms with Crippen LogP contribution in [0.1, 0.15) is 30.4 Å².